The molecule has 7 heteroatoms. The molecule has 0 N–H and O–H groups in total. The standard InChI is InChI=1S/C18H24Cl2N2O3/c1-21(11-13-2-3-15(19)16(20)10-13)17(23)12-22-6-4-14(5-7-22)18-24-8-9-25-18/h2-3,10,14,18H,4-9,11-12H2,1H3. The largest absolute Gasteiger partial charge is 0.350 e. The van der Waals surface area contributed by atoms with Gasteiger partial charge in [0.1, 0.15) is 0 Å². The predicted octanol–water partition coefficient (Wildman–Crippen LogP) is 3.04. The summed E-state index contributed by atoms with van der Waals surface area (Å²) in [5.41, 5.74) is 0.972. The summed E-state index contributed by atoms with van der Waals surface area (Å²) >= 11 is 12.0. The third-order valence-electron chi connectivity index (χ3n) is 4.85. The maximum atomic E-state index is 12.5. The maximum Gasteiger partial charge on any atom is 0.236 e. The van der Waals surface area contributed by atoms with Crippen LogP contribution < -0.4 is 0 Å². The number of benzene rings is 1. The number of rotatable bonds is 5. The number of likely N-dealkylation sites (N-methyl/N-ethyl adjacent to an activating group) is 1. The normalized spacial score (nSPS) is 20.1. The molecule has 2 fully saturated rings. The molecule has 25 heavy (non-hydrogen) atoms. The summed E-state index contributed by atoms with van der Waals surface area (Å²) < 4.78 is 11.2. The highest BCUT2D eigenvalue weighted by Crippen LogP contribution is 2.26. The lowest BCUT2D eigenvalue weighted by Gasteiger charge is -2.34. The van der Waals surface area contributed by atoms with Crippen molar-refractivity contribution in [2.24, 2.45) is 5.92 Å². The fourth-order valence-corrected chi connectivity index (χ4v) is 3.66. The Hall–Kier alpha value is -0.850. The summed E-state index contributed by atoms with van der Waals surface area (Å²) in [6, 6.07) is 5.46. The quantitative estimate of drug-likeness (QED) is 0.779. The van der Waals surface area contributed by atoms with Gasteiger partial charge in [-0.05, 0) is 43.6 Å². The lowest BCUT2D eigenvalue weighted by atomic mass is 9.96. The third-order valence-corrected chi connectivity index (χ3v) is 5.59. The maximum absolute atomic E-state index is 12.5. The van der Waals surface area contributed by atoms with Crippen LogP contribution in [-0.4, -0.2) is 61.9 Å². The molecule has 0 spiro atoms. The molecule has 2 aliphatic rings. The van der Waals surface area contributed by atoms with Gasteiger partial charge in [0, 0.05) is 19.5 Å². The SMILES string of the molecule is CN(Cc1ccc(Cl)c(Cl)c1)C(=O)CN1CCC(C2OCCO2)CC1. The summed E-state index contributed by atoms with van der Waals surface area (Å²) in [5, 5.41) is 1.04. The van der Waals surface area contributed by atoms with Gasteiger partial charge >= 0.3 is 0 Å². The molecule has 1 aromatic carbocycles. The van der Waals surface area contributed by atoms with Gasteiger partial charge < -0.3 is 14.4 Å². The number of nitrogens with zero attached hydrogens (tertiary/aromatic N) is 2. The second kappa shape index (κ2) is 8.69. The van der Waals surface area contributed by atoms with E-state index in [1.807, 2.05) is 13.1 Å². The number of carbonyl (C=O) groups excluding carboxylic acids is 1. The molecule has 3 rings (SSSR count). The van der Waals surface area contributed by atoms with E-state index in [1.165, 1.54) is 0 Å². The van der Waals surface area contributed by atoms with E-state index in [1.54, 1.807) is 17.0 Å². The van der Waals surface area contributed by atoms with Gasteiger partial charge in [-0.1, -0.05) is 29.3 Å². The van der Waals surface area contributed by atoms with Gasteiger partial charge in [0.05, 0.1) is 29.8 Å². The lowest BCUT2D eigenvalue weighted by Crippen LogP contribution is -2.43. The van der Waals surface area contributed by atoms with Crippen molar-refractivity contribution >= 4 is 29.1 Å². The average Bonchev–Trinajstić information content (AvgIpc) is 3.13. The molecule has 2 heterocycles. The predicted molar refractivity (Wildman–Crippen MR) is 97.8 cm³/mol. The highest BCUT2D eigenvalue weighted by Gasteiger charge is 2.31. The van der Waals surface area contributed by atoms with Gasteiger partial charge in [-0.3, -0.25) is 9.69 Å². The first kappa shape index (κ1) is 18.9. The van der Waals surface area contributed by atoms with Crippen molar-refractivity contribution in [3.05, 3.63) is 33.8 Å². The average molecular weight is 387 g/mol. The minimum absolute atomic E-state index is 0.0461. The summed E-state index contributed by atoms with van der Waals surface area (Å²) in [4.78, 5) is 16.4. The van der Waals surface area contributed by atoms with Crippen LogP contribution in [0.15, 0.2) is 18.2 Å². The number of ether oxygens (including phenoxy) is 2. The van der Waals surface area contributed by atoms with Gasteiger partial charge in [-0.2, -0.15) is 0 Å². The van der Waals surface area contributed by atoms with Crippen LogP contribution in [-0.2, 0) is 20.8 Å². The molecule has 0 saturated carbocycles. The van der Waals surface area contributed by atoms with E-state index >= 15 is 0 Å². The number of hydrogen-bond donors (Lipinski definition) is 0. The molecule has 0 aliphatic carbocycles. The van der Waals surface area contributed by atoms with Crippen molar-refractivity contribution in [3.8, 4) is 0 Å². The molecule has 2 aliphatic heterocycles. The van der Waals surface area contributed by atoms with Crippen molar-refractivity contribution in [2.45, 2.75) is 25.7 Å². The molecule has 0 radical (unpaired) electrons. The van der Waals surface area contributed by atoms with Gasteiger partial charge in [-0.25, -0.2) is 0 Å². The number of halogens is 2. The second-order valence-electron chi connectivity index (χ2n) is 6.72. The number of hydrogen-bond acceptors (Lipinski definition) is 4. The summed E-state index contributed by atoms with van der Waals surface area (Å²) in [6.07, 6.45) is 1.97. The van der Waals surface area contributed by atoms with Gasteiger partial charge in [-0.15, -0.1) is 0 Å². The number of amides is 1. The van der Waals surface area contributed by atoms with E-state index in [0.717, 1.165) is 31.5 Å². The molecule has 0 bridgehead atoms. The first-order valence-corrected chi connectivity index (χ1v) is 9.42. The van der Waals surface area contributed by atoms with E-state index in [4.69, 9.17) is 32.7 Å². The second-order valence-corrected chi connectivity index (χ2v) is 7.54. The monoisotopic (exact) mass is 386 g/mol. The first-order valence-electron chi connectivity index (χ1n) is 8.66. The Balaban J connectivity index is 1.44. The van der Waals surface area contributed by atoms with Crippen LogP contribution in [0, 0.1) is 5.92 Å². The molecule has 0 unspecified atom stereocenters. The van der Waals surface area contributed by atoms with Crippen LogP contribution in [0.5, 0.6) is 0 Å². The Morgan fingerprint density at radius 3 is 2.52 bits per heavy atom. The Bertz CT molecular complexity index is 600. The van der Waals surface area contributed by atoms with E-state index < -0.39 is 0 Å². The smallest absolute Gasteiger partial charge is 0.236 e. The third kappa shape index (κ3) is 5.08. The van der Waals surface area contributed by atoms with Crippen LogP contribution in [0.3, 0.4) is 0 Å². The molecular weight excluding hydrogens is 363 g/mol. The van der Waals surface area contributed by atoms with Crippen molar-refractivity contribution < 1.29 is 14.3 Å². The molecular formula is C18H24Cl2N2O3. The van der Waals surface area contributed by atoms with Crippen molar-refractivity contribution in [3.63, 3.8) is 0 Å². The highest BCUT2D eigenvalue weighted by atomic mass is 35.5. The molecule has 0 aromatic heterocycles. The van der Waals surface area contributed by atoms with Crippen LogP contribution >= 0.6 is 23.2 Å². The van der Waals surface area contributed by atoms with Crippen LogP contribution in [0.2, 0.25) is 10.0 Å². The molecule has 138 valence electrons. The zero-order valence-electron chi connectivity index (χ0n) is 14.4. The Morgan fingerprint density at radius 1 is 1.20 bits per heavy atom. The van der Waals surface area contributed by atoms with E-state index in [-0.39, 0.29) is 12.2 Å². The molecule has 1 aromatic rings. The number of piperidine rings is 1. The Kier molecular flexibility index (Phi) is 6.58. The minimum Gasteiger partial charge on any atom is -0.350 e. The zero-order valence-corrected chi connectivity index (χ0v) is 15.9. The van der Waals surface area contributed by atoms with Crippen LogP contribution in [0.4, 0.5) is 0 Å². The fourth-order valence-electron chi connectivity index (χ4n) is 3.34. The number of carbonyl (C=O) groups is 1. The lowest BCUT2D eigenvalue weighted by molar-refractivity contribution is -0.133. The van der Waals surface area contributed by atoms with Crippen LogP contribution in [0.1, 0.15) is 18.4 Å². The molecule has 1 amide bonds. The van der Waals surface area contributed by atoms with E-state index in [9.17, 15) is 4.79 Å². The zero-order chi connectivity index (χ0) is 17.8. The van der Waals surface area contributed by atoms with Crippen molar-refractivity contribution in [1.29, 1.82) is 0 Å². The number of likely N-dealkylation sites (tertiary alicyclic amines) is 1. The van der Waals surface area contributed by atoms with Crippen molar-refractivity contribution in [2.75, 3.05) is 39.9 Å². The van der Waals surface area contributed by atoms with Gasteiger partial charge in [0.25, 0.3) is 0 Å². The highest BCUT2D eigenvalue weighted by molar-refractivity contribution is 6.42. The molecule has 5 nitrogen and oxygen atoms in total. The first-order chi connectivity index (χ1) is 12.0. The minimum atomic E-state index is -0.0461. The van der Waals surface area contributed by atoms with Crippen molar-refractivity contribution in [1.82, 2.24) is 9.80 Å². The Morgan fingerprint density at radius 2 is 1.88 bits per heavy atom. The topological polar surface area (TPSA) is 42.0 Å². The van der Waals surface area contributed by atoms with E-state index in [0.29, 0.717) is 42.3 Å². The fraction of sp³-hybridized carbons (Fsp3) is 0.611. The van der Waals surface area contributed by atoms with E-state index in [2.05, 4.69) is 4.90 Å². The van der Waals surface area contributed by atoms with Gasteiger partial charge in [0.15, 0.2) is 6.29 Å². The summed E-state index contributed by atoms with van der Waals surface area (Å²) in [7, 11) is 1.82. The Labute approximate surface area is 158 Å². The molecule has 0 atom stereocenters. The summed E-state index contributed by atoms with van der Waals surface area (Å²) in [5.74, 6) is 0.556. The summed E-state index contributed by atoms with van der Waals surface area (Å²) in [6.45, 7) is 4.17. The molecule has 2 saturated heterocycles. The van der Waals surface area contributed by atoms with Crippen LogP contribution in [0.25, 0.3) is 0 Å². The van der Waals surface area contributed by atoms with Gasteiger partial charge in [0.2, 0.25) is 5.91 Å².